The van der Waals surface area contributed by atoms with Gasteiger partial charge in [0.25, 0.3) is 0 Å². The van der Waals surface area contributed by atoms with Crippen LogP contribution in [-0.2, 0) is 0 Å². The lowest BCUT2D eigenvalue weighted by atomic mass is 9.42. The molecule has 9 aliphatic rings. The van der Waals surface area contributed by atoms with E-state index >= 15 is 0 Å². The maximum Gasteiger partial charge on any atom is 0.0543 e. The summed E-state index contributed by atoms with van der Waals surface area (Å²) in [5, 5.41) is 21.8. The topological polar surface area (TPSA) is 40.5 Å². The van der Waals surface area contributed by atoms with Gasteiger partial charge in [-0.2, -0.15) is 0 Å². The second-order valence-corrected chi connectivity index (χ2v) is 25.2. The second-order valence-electron chi connectivity index (χ2n) is 25.2. The lowest BCUT2D eigenvalue weighted by Gasteiger charge is -2.63. The van der Waals surface area contributed by atoms with E-state index in [1.165, 1.54) is 154 Å². The molecule has 9 fully saturated rings. The quantitative estimate of drug-likeness (QED) is 0.257. The molecule has 0 heterocycles. The van der Waals surface area contributed by atoms with Gasteiger partial charge in [-0.3, -0.25) is 0 Å². The van der Waals surface area contributed by atoms with Crippen LogP contribution in [0.3, 0.4) is 0 Å². The Morgan fingerprint density at radius 1 is 0.339 bits per heavy atom. The van der Waals surface area contributed by atoms with Gasteiger partial charge in [-0.15, -0.1) is 0 Å². The van der Waals surface area contributed by atoms with Crippen molar-refractivity contribution in [2.24, 2.45) is 105 Å². The van der Waals surface area contributed by atoms with Gasteiger partial charge in [0, 0.05) is 0 Å². The van der Waals surface area contributed by atoms with E-state index in [9.17, 15) is 10.2 Å². The minimum absolute atomic E-state index is 0.0362. The first-order chi connectivity index (χ1) is 26.9. The normalized spacial score (nSPS) is 57.0. The Hall–Kier alpha value is -0.0800. The smallest absolute Gasteiger partial charge is 0.0543 e. The van der Waals surface area contributed by atoms with E-state index in [1.54, 1.807) is 0 Å². The van der Waals surface area contributed by atoms with Crippen LogP contribution in [0.5, 0.6) is 0 Å². The molecule has 56 heavy (non-hydrogen) atoms. The van der Waals surface area contributed by atoms with E-state index in [0.29, 0.717) is 21.7 Å². The molecule has 0 aromatic rings. The van der Waals surface area contributed by atoms with E-state index in [2.05, 4.69) is 41.5 Å². The van der Waals surface area contributed by atoms with Crippen molar-refractivity contribution in [1.29, 1.82) is 0 Å². The van der Waals surface area contributed by atoms with Crippen LogP contribution in [0.25, 0.3) is 0 Å². The molecule has 4 unspecified atom stereocenters. The van der Waals surface area contributed by atoms with Crippen LogP contribution in [0.15, 0.2) is 0 Å². The van der Waals surface area contributed by atoms with Gasteiger partial charge in [-0.25, -0.2) is 0 Å². The molecule has 2 nitrogen and oxygen atoms in total. The highest BCUT2D eigenvalue weighted by atomic mass is 16.3. The molecule has 9 aliphatic carbocycles. The largest absolute Gasteiger partial charge is 0.393 e. The number of aliphatic hydroxyl groups is 2. The molecule has 0 spiro atoms. The molecule has 2 heteroatoms. The fourth-order valence-corrected chi connectivity index (χ4v) is 20.2. The molecule has 0 saturated heterocycles. The summed E-state index contributed by atoms with van der Waals surface area (Å²) < 4.78 is 0. The summed E-state index contributed by atoms with van der Waals surface area (Å²) in [5.74, 6) is 12.7. The Morgan fingerprint density at radius 2 is 0.679 bits per heavy atom. The van der Waals surface area contributed by atoms with Crippen LogP contribution < -0.4 is 0 Å². The molecule has 0 aromatic heterocycles. The van der Waals surface area contributed by atoms with Crippen molar-refractivity contribution >= 4 is 0 Å². The molecular formula is C54H92O2. The van der Waals surface area contributed by atoms with Gasteiger partial charge < -0.3 is 10.2 Å². The van der Waals surface area contributed by atoms with Crippen LogP contribution in [0.2, 0.25) is 0 Å². The maximum atomic E-state index is 10.9. The van der Waals surface area contributed by atoms with Gasteiger partial charge in [0.2, 0.25) is 0 Å². The van der Waals surface area contributed by atoms with Crippen molar-refractivity contribution in [3.63, 3.8) is 0 Å². The highest BCUT2D eigenvalue weighted by molar-refractivity contribution is 5.13. The third-order valence-electron chi connectivity index (χ3n) is 23.1. The first kappa shape index (κ1) is 41.3. The van der Waals surface area contributed by atoms with Crippen LogP contribution >= 0.6 is 0 Å². The van der Waals surface area contributed by atoms with Crippen LogP contribution in [0.4, 0.5) is 0 Å². The average Bonchev–Trinajstić information content (AvgIpc) is 3.71. The molecule has 0 aromatic carbocycles. The summed E-state index contributed by atoms with van der Waals surface area (Å²) in [6.45, 7) is 16.5. The van der Waals surface area contributed by atoms with Crippen molar-refractivity contribution in [2.45, 2.75) is 234 Å². The van der Waals surface area contributed by atoms with E-state index in [-0.39, 0.29) is 12.2 Å². The first-order valence-electron chi connectivity index (χ1n) is 26.2. The number of aliphatic hydroxyl groups excluding tert-OH is 2. The van der Waals surface area contributed by atoms with Gasteiger partial charge in [0.05, 0.1) is 12.2 Å². The summed E-state index contributed by atoms with van der Waals surface area (Å²) in [6.07, 6.45) is 39.3. The van der Waals surface area contributed by atoms with Gasteiger partial charge >= 0.3 is 0 Å². The predicted octanol–water partition coefficient (Wildman–Crippen LogP) is 14.4. The zero-order chi connectivity index (χ0) is 39.0. The SMILES string of the molecule is C[C@@H]1CCCCCC[C@H]2CC3C[C@H](O)CC[C@]3(C)[C@H]3CC[C@]4(C)[C@H](CC[C@H]4C23)[C@H](C)CCCCCC[C@H]2CC3C[C@H](O)CC[C@]3(C)[C@H]3CC[C@]4(C)[C@@H]1CC[C@H]4C23. The molecule has 2 N–H and O–H groups in total. The summed E-state index contributed by atoms with van der Waals surface area (Å²) in [7, 11) is 0. The van der Waals surface area contributed by atoms with Gasteiger partial charge in [-0.1, -0.05) is 119 Å². The predicted molar refractivity (Wildman–Crippen MR) is 234 cm³/mol. The first-order valence-corrected chi connectivity index (χ1v) is 26.2. The van der Waals surface area contributed by atoms with Crippen LogP contribution in [0, 0.1) is 105 Å². The van der Waals surface area contributed by atoms with Crippen LogP contribution in [0.1, 0.15) is 221 Å². The van der Waals surface area contributed by atoms with Crippen molar-refractivity contribution in [3.8, 4) is 0 Å². The minimum Gasteiger partial charge on any atom is -0.393 e. The van der Waals surface area contributed by atoms with E-state index in [0.717, 1.165) is 109 Å². The average molecular weight is 773 g/mol. The lowest BCUT2D eigenvalue weighted by molar-refractivity contribution is -0.155. The molecule has 320 valence electrons. The highest BCUT2D eigenvalue weighted by Crippen LogP contribution is 2.72. The highest BCUT2D eigenvalue weighted by Gasteiger charge is 2.64. The second kappa shape index (κ2) is 16.0. The number of hydrogen-bond acceptors (Lipinski definition) is 2. The fraction of sp³-hybridized carbons (Fsp3) is 1.00. The minimum atomic E-state index is -0.0362. The zero-order valence-electron chi connectivity index (χ0n) is 37.9. The van der Waals surface area contributed by atoms with Gasteiger partial charge in [-0.05, 0) is 207 Å². The van der Waals surface area contributed by atoms with E-state index in [4.69, 9.17) is 0 Å². The fourth-order valence-electron chi connectivity index (χ4n) is 20.2. The molecular weight excluding hydrogens is 681 g/mol. The van der Waals surface area contributed by atoms with E-state index in [1.807, 2.05) is 0 Å². The molecule has 0 amide bonds. The number of hydrogen-bond donors (Lipinski definition) is 2. The Balaban J connectivity index is 0.933. The summed E-state index contributed by atoms with van der Waals surface area (Å²) in [6, 6.07) is 0. The Morgan fingerprint density at radius 3 is 1.09 bits per heavy atom. The van der Waals surface area contributed by atoms with Crippen molar-refractivity contribution in [3.05, 3.63) is 0 Å². The third-order valence-corrected chi connectivity index (χ3v) is 23.1. The summed E-state index contributed by atoms with van der Waals surface area (Å²) in [5.41, 5.74) is 2.09. The third kappa shape index (κ3) is 6.90. The van der Waals surface area contributed by atoms with E-state index < -0.39 is 0 Å². The summed E-state index contributed by atoms with van der Waals surface area (Å²) in [4.78, 5) is 0. The van der Waals surface area contributed by atoms with Crippen molar-refractivity contribution in [2.75, 3.05) is 0 Å². The van der Waals surface area contributed by atoms with Gasteiger partial charge in [0.1, 0.15) is 0 Å². The molecule has 9 saturated carbocycles. The molecule has 8 bridgehead atoms. The Labute approximate surface area is 347 Å². The van der Waals surface area contributed by atoms with Crippen molar-refractivity contribution in [1.82, 2.24) is 0 Å². The monoisotopic (exact) mass is 773 g/mol. The zero-order valence-corrected chi connectivity index (χ0v) is 37.9. The standard InChI is InChI=1S/C54H92O2/c1-35-15-11-7-9-13-17-38-32-40-34-42(56)24-28-52(40,4)48-26-30-54(6)44(20-22-46(54)50(38)48)36(2)16-12-8-10-14-18-37-31-39-33-41(55)23-27-51(39,3)47-25-29-53(5)43(35)19-21-45(53)49(37)47/h35-50,55-56H,7-34H2,1-6H3/t35-,36-,37+,38+,39?,40?,41-,42-,43-,44-,45+,46+,47+,48+,49?,50?,51+,52+,53-,54-/m1/s1. The molecule has 0 aliphatic heterocycles. The summed E-state index contributed by atoms with van der Waals surface area (Å²) >= 11 is 0. The van der Waals surface area contributed by atoms with Crippen molar-refractivity contribution < 1.29 is 10.2 Å². The van der Waals surface area contributed by atoms with Crippen LogP contribution in [-0.4, -0.2) is 22.4 Å². The lowest BCUT2D eigenvalue weighted by Crippen LogP contribution is -2.57. The molecule has 0 radical (unpaired) electrons. The number of rotatable bonds is 0. The molecule has 9 rings (SSSR count). The van der Waals surface area contributed by atoms with Gasteiger partial charge in [0.15, 0.2) is 0 Å². The maximum absolute atomic E-state index is 10.9. The number of fused-ring (bicyclic) bond motifs is 4. The molecule has 20 atom stereocenters. The Kier molecular flexibility index (Phi) is 11.8. The Bertz CT molecular complexity index is 1240.